The van der Waals surface area contributed by atoms with E-state index in [0.29, 0.717) is 30.7 Å². The quantitative estimate of drug-likeness (QED) is 0.259. The van der Waals surface area contributed by atoms with Crippen LogP contribution in [0.2, 0.25) is 0 Å². The molecule has 248 valence electrons. The minimum absolute atomic E-state index is 0.108. The standard InChI is InChI=1S/C18H33NO3.C8H12O.C5H13N.2CO2/c1-6-9-14(2)19(17(21)22-18(3,4)5)13-12-16(20)15-10-7-8-11-15;1-2-8(9)7-5-3-4-6-7;1-3-4-5(2)6;2*2-1-3/h14-15H,6-13H2,1-5H3;2,7H,1,3-6H2;5H,3-4,6H2,1-2H3;;/t14-;;5-;;/m0.0../s1. The van der Waals surface area contributed by atoms with Gasteiger partial charge in [0.05, 0.1) is 0 Å². The van der Waals surface area contributed by atoms with Crippen LogP contribution in [0.4, 0.5) is 4.79 Å². The van der Waals surface area contributed by atoms with Crippen LogP contribution in [-0.4, -0.2) is 59.1 Å². The maximum atomic E-state index is 12.4. The van der Waals surface area contributed by atoms with E-state index in [1.54, 1.807) is 4.90 Å². The van der Waals surface area contributed by atoms with Gasteiger partial charge in [0.1, 0.15) is 11.4 Å². The fraction of sp³-hybridized carbons (Fsp3) is 0.788. The molecule has 2 saturated carbocycles. The zero-order valence-electron chi connectivity index (χ0n) is 27.8. The summed E-state index contributed by atoms with van der Waals surface area (Å²) in [4.78, 5) is 69.8. The van der Waals surface area contributed by atoms with Crippen LogP contribution >= 0.6 is 0 Å². The summed E-state index contributed by atoms with van der Waals surface area (Å²) in [5.74, 6) is 1.10. The molecule has 0 aromatic carbocycles. The molecule has 0 radical (unpaired) electrons. The molecule has 0 aromatic heterocycles. The number of hydrogen-bond acceptors (Lipinski definition) is 9. The minimum atomic E-state index is -0.503. The van der Waals surface area contributed by atoms with Crippen molar-refractivity contribution in [3.05, 3.63) is 12.7 Å². The predicted molar refractivity (Wildman–Crippen MR) is 165 cm³/mol. The van der Waals surface area contributed by atoms with Crippen molar-refractivity contribution in [3.63, 3.8) is 0 Å². The first-order valence-corrected chi connectivity index (χ1v) is 15.6. The van der Waals surface area contributed by atoms with Crippen molar-refractivity contribution in [2.75, 3.05) is 6.54 Å². The number of allylic oxidation sites excluding steroid dienone is 1. The van der Waals surface area contributed by atoms with Gasteiger partial charge in [0, 0.05) is 36.9 Å². The van der Waals surface area contributed by atoms with Crippen molar-refractivity contribution in [2.24, 2.45) is 17.6 Å². The van der Waals surface area contributed by atoms with E-state index < -0.39 is 5.60 Å². The molecule has 0 heterocycles. The summed E-state index contributed by atoms with van der Waals surface area (Å²) in [6.07, 6.45) is 15.4. The molecule has 10 heteroatoms. The average molecular weight is 611 g/mol. The molecule has 2 aliphatic carbocycles. The Bertz CT molecular complexity index is 814. The number of carbonyl (C=O) groups excluding carboxylic acids is 7. The van der Waals surface area contributed by atoms with Gasteiger partial charge in [-0.1, -0.05) is 59.0 Å². The van der Waals surface area contributed by atoms with Crippen LogP contribution in [0.5, 0.6) is 0 Å². The van der Waals surface area contributed by atoms with Crippen molar-refractivity contribution in [3.8, 4) is 0 Å². The highest BCUT2D eigenvalue weighted by atomic mass is 16.6. The zero-order valence-corrected chi connectivity index (χ0v) is 27.8. The highest BCUT2D eigenvalue weighted by Gasteiger charge is 2.28. The number of nitrogens with zero attached hydrogens (tertiary/aromatic N) is 1. The van der Waals surface area contributed by atoms with E-state index in [2.05, 4.69) is 20.4 Å². The minimum Gasteiger partial charge on any atom is -0.444 e. The van der Waals surface area contributed by atoms with Gasteiger partial charge in [0.2, 0.25) is 0 Å². The Morgan fingerprint density at radius 3 is 1.63 bits per heavy atom. The molecule has 10 nitrogen and oxygen atoms in total. The lowest BCUT2D eigenvalue weighted by Gasteiger charge is -2.31. The molecule has 2 rings (SSSR count). The molecule has 0 aliphatic heterocycles. The topological polar surface area (TPSA) is 158 Å². The smallest absolute Gasteiger partial charge is 0.410 e. The van der Waals surface area contributed by atoms with E-state index in [0.717, 1.165) is 44.9 Å². The largest absolute Gasteiger partial charge is 0.444 e. The van der Waals surface area contributed by atoms with E-state index in [1.807, 2.05) is 34.6 Å². The number of nitrogens with two attached hydrogens (primary N) is 1. The summed E-state index contributed by atoms with van der Waals surface area (Å²) >= 11 is 0. The lowest BCUT2D eigenvalue weighted by molar-refractivity contribution is -0.193. The van der Waals surface area contributed by atoms with Crippen LogP contribution in [-0.2, 0) is 33.5 Å². The molecule has 2 aliphatic rings. The van der Waals surface area contributed by atoms with Gasteiger partial charge < -0.3 is 15.4 Å². The highest BCUT2D eigenvalue weighted by molar-refractivity contribution is 5.91. The molecule has 0 unspecified atom stereocenters. The molecule has 2 N–H and O–H groups in total. The summed E-state index contributed by atoms with van der Waals surface area (Å²) < 4.78 is 5.50. The Kier molecular flexibility index (Phi) is 28.9. The number of rotatable bonds is 11. The van der Waals surface area contributed by atoms with Gasteiger partial charge in [0.25, 0.3) is 0 Å². The molecule has 2 fully saturated rings. The van der Waals surface area contributed by atoms with Crippen LogP contribution in [0.3, 0.4) is 0 Å². The van der Waals surface area contributed by atoms with Gasteiger partial charge in [-0.05, 0) is 79.2 Å². The third-order valence-corrected chi connectivity index (χ3v) is 6.98. The summed E-state index contributed by atoms with van der Waals surface area (Å²) in [6.45, 7) is 17.9. The Morgan fingerprint density at radius 1 is 0.884 bits per heavy atom. The van der Waals surface area contributed by atoms with E-state index >= 15 is 0 Å². The Morgan fingerprint density at radius 2 is 1.30 bits per heavy atom. The number of hydrogen-bond donors (Lipinski definition) is 1. The van der Waals surface area contributed by atoms with Crippen molar-refractivity contribution in [1.82, 2.24) is 4.90 Å². The van der Waals surface area contributed by atoms with Crippen LogP contribution in [0, 0.1) is 11.8 Å². The van der Waals surface area contributed by atoms with Gasteiger partial charge in [-0.2, -0.15) is 19.2 Å². The van der Waals surface area contributed by atoms with Crippen molar-refractivity contribution in [1.29, 1.82) is 0 Å². The highest BCUT2D eigenvalue weighted by Crippen LogP contribution is 2.27. The van der Waals surface area contributed by atoms with Crippen LogP contribution in [0.1, 0.15) is 132 Å². The summed E-state index contributed by atoms with van der Waals surface area (Å²) in [5, 5.41) is 0. The van der Waals surface area contributed by atoms with E-state index in [1.165, 1.54) is 38.2 Å². The lowest BCUT2D eigenvalue weighted by atomic mass is 10.00. The molecule has 0 bridgehead atoms. The van der Waals surface area contributed by atoms with Crippen LogP contribution in [0.25, 0.3) is 0 Å². The van der Waals surface area contributed by atoms with Gasteiger partial charge >= 0.3 is 18.4 Å². The first-order chi connectivity index (χ1) is 20.2. The molecule has 0 saturated heterocycles. The van der Waals surface area contributed by atoms with E-state index in [4.69, 9.17) is 29.6 Å². The number of ether oxygens (including phenoxy) is 1. The van der Waals surface area contributed by atoms with Crippen LogP contribution in [0.15, 0.2) is 12.7 Å². The second kappa shape index (κ2) is 27.9. The fourth-order valence-corrected chi connectivity index (χ4v) is 4.90. The molecule has 43 heavy (non-hydrogen) atoms. The number of ketones is 2. The monoisotopic (exact) mass is 610 g/mol. The second-order valence-electron chi connectivity index (χ2n) is 12.0. The SMILES string of the molecule is C=CC(=O)C1CCCC1.CCC[C@H](C)N.CCC[C@H](C)N(CCC(=O)C1CCCC1)C(=O)OC(C)(C)C.O=C=O.O=C=O. The van der Waals surface area contributed by atoms with Crippen molar-refractivity contribution < 1.29 is 38.3 Å². The Hall–Kier alpha value is -2.93. The Balaban J connectivity index is -0.000000619. The van der Waals surface area contributed by atoms with Gasteiger partial charge in [-0.3, -0.25) is 9.59 Å². The predicted octanol–water partition coefficient (Wildman–Crippen LogP) is 6.46. The second-order valence-corrected chi connectivity index (χ2v) is 12.0. The lowest BCUT2D eigenvalue weighted by Crippen LogP contribution is -2.43. The maximum Gasteiger partial charge on any atom is 0.410 e. The molecule has 2 atom stereocenters. The third-order valence-electron chi connectivity index (χ3n) is 6.98. The van der Waals surface area contributed by atoms with Gasteiger partial charge in [0.15, 0.2) is 5.78 Å². The molecule has 0 aromatic rings. The first kappa shape index (κ1) is 44.5. The average Bonchev–Trinajstić information content (AvgIpc) is 3.64. The van der Waals surface area contributed by atoms with Crippen LogP contribution < -0.4 is 5.73 Å². The maximum absolute atomic E-state index is 12.4. The number of amides is 1. The molecule has 1 amide bonds. The fourth-order valence-electron chi connectivity index (χ4n) is 4.90. The molecular formula is C33H58N2O8. The van der Waals surface area contributed by atoms with Crippen molar-refractivity contribution in [2.45, 2.75) is 150 Å². The zero-order chi connectivity index (χ0) is 33.8. The first-order valence-electron chi connectivity index (χ1n) is 15.6. The van der Waals surface area contributed by atoms with E-state index in [-0.39, 0.29) is 36.1 Å². The van der Waals surface area contributed by atoms with E-state index in [9.17, 15) is 14.4 Å². The molecule has 0 spiro atoms. The van der Waals surface area contributed by atoms with Gasteiger partial charge in [-0.25, -0.2) is 4.79 Å². The molecular weight excluding hydrogens is 552 g/mol. The van der Waals surface area contributed by atoms with Crippen molar-refractivity contribution >= 4 is 30.0 Å². The number of carbonyl (C=O) groups is 3. The summed E-state index contributed by atoms with van der Waals surface area (Å²) in [5.41, 5.74) is 4.90. The number of Topliss-reactive ketones (excluding diaryl/α,β-unsaturated/α-hetero) is 1. The van der Waals surface area contributed by atoms with Gasteiger partial charge in [-0.15, -0.1) is 0 Å². The summed E-state index contributed by atoms with van der Waals surface area (Å²) in [7, 11) is 0. The normalized spacial score (nSPS) is 15.4. The third kappa shape index (κ3) is 26.4. The summed E-state index contributed by atoms with van der Waals surface area (Å²) in [6, 6.07) is 0.506. The Labute approximate surface area is 259 Å².